The molecule has 114 valence electrons. The summed E-state index contributed by atoms with van der Waals surface area (Å²) >= 11 is 0. The number of likely N-dealkylation sites (tertiary alicyclic amines) is 1. The average Bonchev–Trinajstić information content (AvgIpc) is 2.43. The third-order valence-electron chi connectivity index (χ3n) is 3.91. The van der Waals surface area contributed by atoms with Crippen molar-refractivity contribution in [2.45, 2.75) is 25.2 Å². The van der Waals surface area contributed by atoms with Gasteiger partial charge in [-0.25, -0.2) is 13.6 Å². The van der Waals surface area contributed by atoms with E-state index in [9.17, 15) is 18.4 Å². The number of hydrogen-bond acceptors (Lipinski definition) is 3. The zero-order valence-electron chi connectivity index (χ0n) is 11.7. The first-order valence-electron chi connectivity index (χ1n) is 6.81. The van der Waals surface area contributed by atoms with Gasteiger partial charge in [-0.15, -0.1) is 0 Å². The minimum Gasteiger partial charge on any atom is -0.475 e. The number of hydrogen-bond donors (Lipinski definition) is 1. The fourth-order valence-corrected chi connectivity index (χ4v) is 2.62. The first-order valence-corrected chi connectivity index (χ1v) is 6.81. The molecule has 0 radical (unpaired) electrons. The molecule has 1 fully saturated rings. The van der Waals surface area contributed by atoms with Gasteiger partial charge in [0.2, 0.25) is 5.78 Å². The summed E-state index contributed by atoms with van der Waals surface area (Å²) in [5.41, 5.74) is 0.101. The van der Waals surface area contributed by atoms with Gasteiger partial charge in [0, 0.05) is 6.42 Å². The molecule has 0 spiro atoms. The van der Waals surface area contributed by atoms with Crippen LogP contribution in [0.15, 0.2) is 12.1 Å². The van der Waals surface area contributed by atoms with Crippen LogP contribution in [0.4, 0.5) is 8.78 Å². The Balaban J connectivity index is 2.20. The second kappa shape index (κ2) is 6.30. The summed E-state index contributed by atoms with van der Waals surface area (Å²) in [4.78, 5) is 23.7. The van der Waals surface area contributed by atoms with Crippen molar-refractivity contribution >= 4 is 11.8 Å². The van der Waals surface area contributed by atoms with Crippen LogP contribution >= 0.6 is 0 Å². The number of Topliss-reactive ketones (excluding diaryl/α,β-unsaturated/α-hetero) is 1. The Labute approximate surface area is 121 Å². The molecule has 0 unspecified atom stereocenters. The highest BCUT2D eigenvalue weighted by Gasteiger charge is 2.24. The third kappa shape index (κ3) is 3.64. The second-order valence-electron chi connectivity index (χ2n) is 5.45. The fourth-order valence-electron chi connectivity index (χ4n) is 2.62. The number of carboxylic acids is 1. The van der Waals surface area contributed by atoms with Crippen molar-refractivity contribution in [2.24, 2.45) is 0 Å². The number of aliphatic carboxylic acids is 1. The molecule has 1 aliphatic heterocycles. The van der Waals surface area contributed by atoms with Crippen LogP contribution in [-0.4, -0.2) is 41.9 Å². The standard InChI is InChI=1S/C15H17F2NO3/c1-18-4-2-9(3-5-18)11-8-12(16)10(6-13(11)17)7-14(19)15(20)21/h6,8-9H,2-5,7H2,1H3,(H,20,21). The number of piperidine rings is 1. The summed E-state index contributed by atoms with van der Waals surface area (Å²) in [5, 5.41) is 8.52. The molecule has 1 aliphatic rings. The van der Waals surface area contributed by atoms with E-state index in [0.29, 0.717) is 5.56 Å². The maximum absolute atomic E-state index is 14.1. The van der Waals surface area contributed by atoms with E-state index in [1.165, 1.54) is 0 Å². The van der Waals surface area contributed by atoms with E-state index in [4.69, 9.17) is 5.11 Å². The molecule has 0 bridgehead atoms. The number of carbonyl (C=O) groups is 2. The van der Waals surface area contributed by atoms with Crippen LogP contribution in [0, 0.1) is 11.6 Å². The Morgan fingerprint density at radius 3 is 2.43 bits per heavy atom. The lowest BCUT2D eigenvalue weighted by atomic mass is 9.88. The van der Waals surface area contributed by atoms with Crippen LogP contribution < -0.4 is 0 Å². The van der Waals surface area contributed by atoms with E-state index >= 15 is 0 Å². The monoisotopic (exact) mass is 297 g/mol. The molecule has 1 aromatic rings. The second-order valence-corrected chi connectivity index (χ2v) is 5.45. The summed E-state index contributed by atoms with van der Waals surface area (Å²) in [6.07, 6.45) is 0.867. The van der Waals surface area contributed by atoms with Crippen molar-refractivity contribution < 1.29 is 23.5 Å². The summed E-state index contributed by atoms with van der Waals surface area (Å²) in [6.45, 7) is 1.65. The minimum absolute atomic E-state index is 0.0417. The molecule has 0 atom stereocenters. The van der Waals surface area contributed by atoms with E-state index in [1.54, 1.807) is 0 Å². The highest BCUT2D eigenvalue weighted by atomic mass is 19.1. The summed E-state index contributed by atoms with van der Waals surface area (Å²) in [7, 11) is 1.98. The summed E-state index contributed by atoms with van der Waals surface area (Å²) < 4.78 is 28.1. The summed E-state index contributed by atoms with van der Waals surface area (Å²) in [5.74, 6) is -4.13. The maximum Gasteiger partial charge on any atom is 0.372 e. The number of halogens is 2. The Morgan fingerprint density at radius 1 is 1.24 bits per heavy atom. The lowest BCUT2D eigenvalue weighted by Crippen LogP contribution is -2.29. The molecule has 21 heavy (non-hydrogen) atoms. The van der Waals surface area contributed by atoms with Crippen molar-refractivity contribution in [1.29, 1.82) is 0 Å². The van der Waals surface area contributed by atoms with E-state index < -0.39 is 29.8 Å². The molecule has 1 heterocycles. The molecule has 6 heteroatoms. The van der Waals surface area contributed by atoms with Crippen LogP contribution in [0.2, 0.25) is 0 Å². The average molecular weight is 297 g/mol. The SMILES string of the molecule is CN1CCC(c2cc(F)c(CC(=O)C(=O)O)cc2F)CC1. The van der Waals surface area contributed by atoms with Gasteiger partial charge in [-0.05, 0) is 62.2 Å². The number of benzene rings is 1. The van der Waals surface area contributed by atoms with Crippen molar-refractivity contribution in [3.8, 4) is 0 Å². The third-order valence-corrected chi connectivity index (χ3v) is 3.91. The first-order chi connectivity index (χ1) is 9.88. The number of ketones is 1. The Kier molecular flexibility index (Phi) is 4.67. The molecule has 4 nitrogen and oxygen atoms in total. The minimum atomic E-state index is -1.64. The molecular formula is C15H17F2NO3. The van der Waals surface area contributed by atoms with Gasteiger partial charge < -0.3 is 10.0 Å². The normalized spacial score (nSPS) is 16.9. The van der Waals surface area contributed by atoms with Crippen LogP contribution in [0.3, 0.4) is 0 Å². The molecule has 0 amide bonds. The Bertz CT molecular complexity index is 566. The number of nitrogens with zero attached hydrogens (tertiary/aromatic N) is 1. The van der Waals surface area contributed by atoms with Crippen LogP contribution in [-0.2, 0) is 16.0 Å². The van der Waals surface area contributed by atoms with Gasteiger partial charge in [0.15, 0.2) is 0 Å². The van der Waals surface area contributed by atoms with Gasteiger partial charge in [-0.2, -0.15) is 0 Å². The van der Waals surface area contributed by atoms with Gasteiger partial charge in [-0.1, -0.05) is 0 Å². The smallest absolute Gasteiger partial charge is 0.372 e. The highest BCUT2D eigenvalue weighted by Crippen LogP contribution is 2.31. The molecular weight excluding hydrogens is 280 g/mol. The molecule has 1 saturated heterocycles. The van der Waals surface area contributed by atoms with E-state index in [1.807, 2.05) is 7.05 Å². The first kappa shape index (κ1) is 15.6. The maximum atomic E-state index is 14.1. The van der Waals surface area contributed by atoms with Crippen molar-refractivity contribution in [2.75, 3.05) is 20.1 Å². The van der Waals surface area contributed by atoms with Crippen LogP contribution in [0.1, 0.15) is 29.9 Å². The lowest BCUT2D eigenvalue weighted by molar-refractivity contribution is -0.148. The van der Waals surface area contributed by atoms with Crippen LogP contribution in [0.5, 0.6) is 0 Å². The van der Waals surface area contributed by atoms with E-state index in [0.717, 1.165) is 38.1 Å². The molecule has 0 aromatic heterocycles. The topological polar surface area (TPSA) is 57.6 Å². The van der Waals surface area contributed by atoms with Gasteiger partial charge in [0.1, 0.15) is 11.6 Å². The van der Waals surface area contributed by atoms with Gasteiger partial charge in [-0.3, -0.25) is 4.79 Å². The van der Waals surface area contributed by atoms with Crippen molar-refractivity contribution in [1.82, 2.24) is 4.90 Å². The van der Waals surface area contributed by atoms with Crippen LogP contribution in [0.25, 0.3) is 0 Å². The molecule has 2 rings (SSSR count). The van der Waals surface area contributed by atoms with Gasteiger partial charge >= 0.3 is 5.97 Å². The van der Waals surface area contributed by atoms with E-state index in [-0.39, 0.29) is 11.5 Å². The highest BCUT2D eigenvalue weighted by molar-refractivity contribution is 6.33. The number of carboxylic acid groups (broad SMARTS) is 1. The fraction of sp³-hybridized carbons (Fsp3) is 0.467. The molecule has 1 N–H and O–H groups in total. The predicted octanol–water partition coefficient (Wildman–Crippen LogP) is 1.97. The summed E-state index contributed by atoms with van der Waals surface area (Å²) in [6, 6.07) is 2.06. The molecule has 1 aromatic carbocycles. The molecule has 0 saturated carbocycles. The Morgan fingerprint density at radius 2 is 1.86 bits per heavy atom. The number of carbonyl (C=O) groups excluding carboxylic acids is 1. The Hall–Kier alpha value is -1.82. The van der Waals surface area contributed by atoms with Gasteiger partial charge in [0.05, 0.1) is 0 Å². The predicted molar refractivity (Wildman–Crippen MR) is 72.2 cm³/mol. The lowest BCUT2D eigenvalue weighted by Gasteiger charge is -2.29. The van der Waals surface area contributed by atoms with E-state index in [2.05, 4.69) is 4.90 Å². The zero-order chi connectivity index (χ0) is 15.6. The largest absolute Gasteiger partial charge is 0.475 e. The van der Waals surface area contributed by atoms with Gasteiger partial charge in [0.25, 0.3) is 0 Å². The quantitative estimate of drug-likeness (QED) is 0.863. The van der Waals surface area contributed by atoms with Crippen molar-refractivity contribution in [3.63, 3.8) is 0 Å². The molecule has 0 aliphatic carbocycles. The number of rotatable bonds is 4. The zero-order valence-corrected chi connectivity index (χ0v) is 11.7. The van der Waals surface area contributed by atoms with Crippen molar-refractivity contribution in [3.05, 3.63) is 34.9 Å².